The number of phenols is 2. The maximum Gasteiger partial charge on any atom is 0.127 e. The number of fused-ring (bicyclic) bond motifs is 2. The highest BCUT2D eigenvalue weighted by Gasteiger charge is 2.27. The Kier molecular flexibility index (Phi) is 5.07. The van der Waals surface area contributed by atoms with Crippen molar-refractivity contribution in [3.05, 3.63) is 107 Å². The maximum atomic E-state index is 11.8. The Labute approximate surface area is 200 Å². The average molecular weight is 443 g/mol. The molecule has 2 aliphatic carbocycles. The van der Waals surface area contributed by atoms with E-state index in [4.69, 9.17) is 0 Å². The van der Waals surface area contributed by atoms with Crippen LogP contribution in [0.2, 0.25) is 0 Å². The Hall–Kier alpha value is -4.04. The molecule has 0 bridgehead atoms. The molecule has 34 heavy (non-hydrogen) atoms. The summed E-state index contributed by atoms with van der Waals surface area (Å²) in [6, 6.07) is 24.7. The Balaban J connectivity index is 1.75. The minimum absolute atomic E-state index is 0.277. The zero-order valence-corrected chi connectivity index (χ0v) is 19.0. The summed E-state index contributed by atoms with van der Waals surface area (Å²) in [5.74, 6) is 0.555. The summed E-state index contributed by atoms with van der Waals surface area (Å²) in [5.41, 5.74) is 9.34. The molecule has 2 nitrogen and oxygen atoms in total. The van der Waals surface area contributed by atoms with E-state index in [1.165, 1.54) is 0 Å². The fourth-order valence-electron chi connectivity index (χ4n) is 5.36. The normalized spacial score (nSPS) is 14.0. The van der Waals surface area contributed by atoms with Crippen LogP contribution in [0.15, 0.2) is 84.9 Å². The van der Waals surface area contributed by atoms with Crippen LogP contribution in [-0.2, 0) is 12.8 Å². The van der Waals surface area contributed by atoms with Crippen LogP contribution >= 0.6 is 0 Å². The standard InChI is InChI=1S/C32H26O2/c33-31-25-17-9-7-15-23(25)19-27(21-11-3-1-4-12-21)29(31)30-28(22-13-5-2-6-14-22)20-24-16-8-10-18-26(24)32(30)34/h1-8,11-16,19-20,33-34H,9-10,17-18H2. The molecular weight excluding hydrogens is 416 g/mol. The molecule has 0 saturated heterocycles. The number of rotatable bonds is 3. The minimum atomic E-state index is 0.277. The summed E-state index contributed by atoms with van der Waals surface area (Å²) < 4.78 is 0. The van der Waals surface area contributed by atoms with Gasteiger partial charge in [0.25, 0.3) is 0 Å². The molecule has 0 fully saturated rings. The first-order chi connectivity index (χ1) is 16.7. The first-order valence-corrected chi connectivity index (χ1v) is 11.9. The number of aromatic hydroxyl groups is 2. The third kappa shape index (κ3) is 3.34. The van der Waals surface area contributed by atoms with Crippen LogP contribution in [-0.4, -0.2) is 10.2 Å². The minimum Gasteiger partial charge on any atom is -0.507 e. The first-order valence-electron chi connectivity index (χ1n) is 11.9. The number of allylic oxidation sites excluding steroid dienone is 2. The van der Waals surface area contributed by atoms with Gasteiger partial charge < -0.3 is 10.2 Å². The van der Waals surface area contributed by atoms with Gasteiger partial charge in [0.15, 0.2) is 0 Å². The van der Waals surface area contributed by atoms with E-state index in [2.05, 4.69) is 60.7 Å². The number of hydrogen-bond acceptors (Lipinski definition) is 2. The molecule has 0 saturated carbocycles. The summed E-state index contributed by atoms with van der Waals surface area (Å²) >= 11 is 0. The van der Waals surface area contributed by atoms with Crippen LogP contribution in [0.5, 0.6) is 11.5 Å². The monoisotopic (exact) mass is 442 g/mol. The smallest absolute Gasteiger partial charge is 0.127 e. The lowest BCUT2D eigenvalue weighted by atomic mass is 9.80. The topological polar surface area (TPSA) is 40.5 Å². The van der Waals surface area contributed by atoms with Crippen LogP contribution in [0.4, 0.5) is 0 Å². The number of phenolic OH excluding ortho intramolecular Hbond substituents is 2. The van der Waals surface area contributed by atoms with Gasteiger partial charge in [-0.05, 0) is 71.2 Å². The lowest BCUT2D eigenvalue weighted by Gasteiger charge is -2.25. The second-order valence-corrected chi connectivity index (χ2v) is 9.05. The lowest BCUT2D eigenvalue weighted by molar-refractivity contribution is 0.461. The third-order valence-corrected chi connectivity index (χ3v) is 7.02. The zero-order chi connectivity index (χ0) is 23.1. The van der Waals surface area contributed by atoms with E-state index in [0.29, 0.717) is 11.1 Å². The molecule has 0 amide bonds. The van der Waals surface area contributed by atoms with Gasteiger partial charge in [0.2, 0.25) is 0 Å². The van der Waals surface area contributed by atoms with E-state index in [1.807, 2.05) is 36.4 Å². The summed E-state index contributed by atoms with van der Waals surface area (Å²) in [6.07, 6.45) is 11.9. The van der Waals surface area contributed by atoms with E-state index in [-0.39, 0.29) is 11.5 Å². The van der Waals surface area contributed by atoms with Crippen LogP contribution in [0.25, 0.3) is 45.5 Å². The molecule has 4 aromatic rings. The summed E-state index contributed by atoms with van der Waals surface area (Å²) in [5, 5.41) is 23.5. The molecule has 0 aliphatic heterocycles. The summed E-state index contributed by atoms with van der Waals surface area (Å²) in [6.45, 7) is 0. The molecule has 6 rings (SSSR count). The zero-order valence-electron chi connectivity index (χ0n) is 19.0. The van der Waals surface area contributed by atoms with Crippen molar-refractivity contribution < 1.29 is 10.2 Å². The van der Waals surface area contributed by atoms with Crippen molar-refractivity contribution in [2.24, 2.45) is 0 Å². The van der Waals surface area contributed by atoms with E-state index < -0.39 is 0 Å². The molecule has 2 aliphatic rings. The number of hydrogen-bond donors (Lipinski definition) is 2. The van der Waals surface area contributed by atoms with Gasteiger partial charge in [-0.1, -0.05) is 85.0 Å². The maximum absolute atomic E-state index is 11.8. The van der Waals surface area contributed by atoms with Gasteiger partial charge in [-0.25, -0.2) is 0 Å². The molecule has 4 aromatic carbocycles. The Morgan fingerprint density at radius 2 is 0.941 bits per heavy atom. The highest BCUT2D eigenvalue weighted by Crippen LogP contribution is 2.52. The quantitative estimate of drug-likeness (QED) is 0.337. The van der Waals surface area contributed by atoms with Gasteiger partial charge in [-0.15, -0.1) is 0 Å². The van der Waals surface area contributed by atoms with Gasteiger partial charge in [0.05, 0.1) is 0 Å². The van der Waals surface area contributed by atoms with E-state index in [1.54, 1.807) is 0 Å². The number of benzene rings is 4. The second-order valence-electron chi connectivity index (χ2n) is 9.05. The van der Waals surface area contributed by atoms with E-state index >= 15 is 0 Å². The van der Waals surface area contributed by atoms with Crippen LogP contribution in [0.3, 0.4) is 0 Å². The summed E-state index contributed by atoms with van der Waals surface area (Å²) in [7, 11) is 0. The van der Waals surface area contributed by atoms with Crippen molar-refractivity contribution in [2.45, 2.75) is 25.7 Å². The van der Waals surface area contributed by atoms with Gasteiger partial charge in [-0.3, -0.25) is 0 Å². The lowest BCUT2D eigenvalue weighted by Crippen LogP contribution is -2.02. The van der Waals surface area contributed by atoms with Crippen molar-refractivity contribution in [3.63, 3.8) is 0 Å². The largest absolute Gasteiger partial charge is 0.507 e. The first kappa shape index (κ1) is 20.6. The van der Waals surface area contributed by atoms with Crippen molar-refractivity contribution in [1.29, 1.82) is 0 Å². The third-order valence-electron chi connectivity index (χ3n) is 7.02. The molecule has 166 valence electrons. The molecule has 2 N–H and O–H groups in total. The molecule has 0 spiro atoms. The molecule has 0 atom stereocenters. The molecular formula is C32H26O2. The predicted octanol–water partition coefficient (Wildman–Crippen LogP) is 8.02. The molecule has 2 heteroatoms. The Morgan fingerprint density at radius 1 is 0.529 bits per heavy atom. The second kappa shape index (κ2) is 8.39. The van der Waals surface area contributed by atoms with Crippen molar-refractivity contribution in [3.8, 4) is 44.9 Å². The molecule has 0 heterocycles. The predicted molar refractivity (Wildman–Crippen MR) is 141 cm³/mol. The van der Waals surface area contributed by atoms with E-state index in [0.717, 1.165) is 70.2 Å². The summed E-state index contributed by atoms with van der Waals surface area (Å²) in [4.78, 5) is 0. The highest BCUT2D eigenvalue weighted by molar-refractivity contribution is 6.00. The Morgan fingerprint density at radius 3 is 1.35 bits per heavy atom. The molecule has 0 aromatic heterocycles. The van der Waals surface area contributed by atoms with E-state index in [9.17, 15) is 10.2 Å². The molecule has 0 unspecified atom stereocenters. The highest BCUT2D eigenvalue weighted by atomic mass is 16.3. The average Bonchev–Trinajstić information content (AvgIpc) is 2.90. The SMILES string of the molecule is Oc1c2c(cc(-c3ccccc3)c1-c1c(-c3ccccc3)cc3c(c1O)CCC=C3)C=CCC2. The van der Waals surface area contributed by atoms with Gasteiger partial charge in [-0.2, -0.15) is 0 Å². The van der Waals surface area contributed by atoms with Gasteiger partial charge >= 0.3 is 0 Å². The molecule has 0 radical (unpaired) electrons. The van der Waals surface area contributed by atoms with Crippen molar-refractivity contribution >= 4 is 12.2 Å². The fourth-order valence-corrected chi connectivity index (χ4v) is 5.36. The van der Waals surface area contributed by atoms with Crippen LogP contribution < -0.4 is 0 Å². The fraction of sp³-hybridized carbons (Fsp3) is 0.125. The van der Waals surface area contributed by atoms with Gasteiger partial charge in [0.1, 0.15) is 11.5 Å². The van der Waals surface area contributed by atoms with Gasteiger partial charge in [0, 0.05) is 22.3 Å². The van der Waals surface area contributed by atoms with Crippen molar-refractivity contribution in [1.82, 2.24) is 0 Å². The van der Waals surface area contributed by atoms with Crippen LogP contribution in [0.1, 0.15) is 35.1 Å². The van der Waals surface area contributed by atoms with Crippen LogP contribution in [0, 0.1) is 0 Å². The van der Waals surface area contributed by atoms with Crippen molar-refractivity contribution in [2.75, 3.05) is 0 Å². The Bertz CT molecular complexity index is 1330.